The number of rotatable bonds is 3. The first kappa shape index (κ1) is 26.0. The fraction of sp³-hybridized carbons (Fsp3) is 0.500. The summed E-state index contributed by atoms with van der Waals surface area (Å²) in [7, 11) is 0. The van der Waals surface area contributed by atoms with Crippen LogP contribution in [0, 0.1) is 51.2 Å². The van der Waals surface area contributed by atoms with Gasteiger partial charge in [0, 0.05) is 13.3 Å². The number of benzene rings is 1. The number of amides is 1. The average molecular weight is 510 g/mol. The lowest BCUT2D eigenvalue weighted by Gasteiger charge is -2.57. The second kappa shape index (κ2) is 9.59. The minimum atomic E-state index is -0.687. The molecule has 0 unspecified atom stereocenters. The van der Waals surface area contributed by atoms with Gasteiger partial charge in [0.25, 0.3) is 5.91 Å². The molecule has 6 heteroatoms. The predicted molar refractivity (Wildman–Crippen MR) is 144 cm³/mol. The van der Waals surface area contributed by atoms with Gasteiger partial charge in [-0.25, -0.2) is 0 Å². The van der Waals surface area contributed by atoms with E-state index in [1.54, 1.807) is 6.07 Å². The standard InChI is InChI=1S/C32H35N3O3/c1-19(36)38-24-10-12-31(2)23(16-24)8-9-25-27(31)11-13-32(3)28(25)15-22(29(32)26(18-34)30(35)37)14-20-6-4-5-7-21(20)17-33/h4-8,14,24-25,27-28H,9-13,15-16H2,1-3H3,(H2,35,37)/b22-14+,29-26-/t24-,25+,27-,28-,31-,32-/m0/s1. The van der Waals surface area contributed by atoms with E-state index in [4.69, 9.17) is 10.5 Å². The van der Waals surface area contributed by atoms with Crippen LogP contribution in [0.2, 0.25) is 0 Å². The van der Waals surface area contributed by atoms with E-state index in [1.165, 1.54) is 12.5 Å². The smallest absolute Gasteiger partial charge is 0.302 e. The molecule has 0 bridgehead atoms. The third-order valence-corrected chi connectivity index (χ3v) is 10.1. The van der Waals surface area contributed by atoms with Crippen molar-refractivity contribution in [2.75, 3.05) is 0 Å². The fourth-order valence-electron chi connectivity index (χ4n) is 8.40. The lowest BCUT2D eigenvalue weighted by atomic mass is 9.47. The summed E-state index contributed by atoms with van der Waals surface area (Å²) < 4.78 is 5.58. The van der Waals surface area contributed by atoms with Crippen LogP contribution in [0.3, 0.4) is 0 Å². The van der Waals surface area contributed by atoms with Gasteiger partial charge in [-0.2, -0.15) is 10.5 Å². The maximum atomic E-state index is 12.5. The van der Waals surface area contributed by atoms with Crippen LogP contribution < -0.4 is 5.73 Å². The summed E-state index contributed by atoms with van der Waals surface area (Å²) in [6.45, 7) is 6.08. The van der Waals surface area contributed by atoms with Crippen LogP contribution in [0.25, 0.3) is 6.08 Å². The van der Waals surface area contributed by atoms with Gasteiger partial charge in [0.1, 0.15) is 17.7 Å². The number of ether oxygens (including phenoxy) is 1. The summed E-state index contributed by atoms with van der Waals surface area (Å²) in [4.78, 5) is 24.1. The van der Waals surface area contributed by atoms with Gasteiger partial charge in [0.15, 0.2) is 0 Å². The third-order valence-electron chi connectivity index (χ3n) is 10.1. The lowest BCUT2D eigenvalue weighted by Crippen LogP contribution is -2.50. The van der Waals surface area contributed by atoms with Gasteiger partial charge < -0.3 is 10.5 Å². The van der Waals surface area contributed by atoms with Crippen LogP contribution >= 0.6 is 0 Å². The third kappa shape index (κ3) is 4.08. The Labute approximate surface area is 224 Å². The molecular weight excluding hydrogens is 474 g/mol. The quantitative estimate of drug-likeness (QED) is 0.241. The number of fused-ring (bicyclic) bond motifs is 5. The summed E-state index contributed by atoms with van der Waals surface area (Å²) >= 11 is 0. The van der Waals surface area contributed by atoms with E-state index >= 15 is 0 Å². The van der Waals surface area contributed by atoms with Crippen molar-refractivity contribution in [3.05, 3.63) is 63.8 Å². The van der Waals surface area contributed by atoms with Crippen molar-refractivity contribution < 1.29 is 14.3 Å². The number of primary amides is 1. The Morgan fingerprint density at radius 3 is 2.50 bits per heavy atom. The molecule has 0 radical (unpaired) electrons. The zero-order valence-electron chi connectivity index (χ0n) is 22.4. The molecule has 4 aliphatic carbocycles. The molecule has 6 nitrogen and oxygen atoms in total. The molecular formula is C32H35N3O3. The Balaban J connectivity index is 1.57. The summed E-state index contributed by atoms with van der Waals surface area (Å²) in [5.41, 5.74) is 10.0. The average Bonchev–Trinajstić information content (AvgIpc) is 3.16. The summed E-state index contributed by atoms with van der Waals surface area (Å²) in [6, 6.07) is 11.8. The molecule has 5 rings (SSSR count). The van der Waals surface area contributed by atoms with E-state index in [1.807, 2.05) is 24.3 Å². The highest BCUT2D eigenvalue weighted by atomic mass is 16.5. The molecule has 0 saturated heterocycles. The molecule has 0 spiro atoms. The number of hydrogen-bond donors (Lipinski definition) is 1. The molecule has 196 valence electrons. The van der Waals surface area contributed by atoms with Crippen molar-refractivity contribution in [3.63, 3.8) is 0 Å². The Kier molecular flexibility index (Phi) is 6.56. The highest BCUT2D eigenvalue weighted by Crippen LogP contribution is 2.67. The molecule has 3 saturated carbocycles. The van der Waals surface area contributed by atoms with E-state index in [2.05, 4.69) is 32.1 Å². The molecule has 38 heavy (non-hydrogen) atoms. The van der Waals surface area contributed by atoms with Gasteiger partial charge in [0.05, 0.1) is 11.6 Å². The van der Waals surface area contributed by atoms with Crippen LogP contribution in [0.4, 0.5) is 0 Å². The molecule has 2 N–H and O–H groups in total. The summed E-state index contributed by atoms with van der Waals surface area (Å²) in [5, 5.41) is 19.7. The van der Waals surface area contributed by atoms with Crippen molar-refractivity contribution in [1.29, 1.82) is 10.5 Å². The van der Waals surface area contributed by atoms with Crippen LogP contribution in [-0.4, -0.2) is 18.0 Å². The Morgan fingerprint density at radius 2 is 1.82 bits per heavy atom. The maximum absolute atomic E-state index is 12.5. The van der Waals surface area contributed by atoms with E-state index in [0.29, 0.717) is 17.4 Å². The molecule has 1 amide bonds. The van der Waals surface area contributed by atoms with E-state index in [-0.39, 0.29) is 34.4 Å². The van der Waals surface area contributed by atoms with Crippen molar-refractivity contribution in [2.45, 2.75) is 71.8 Å². The number of carbonyl (C=O) groups is 2. The van der Waals surface area contributed by atoms with Crippen LogP contribution in [-0.2, 0) is 14.3 Å². The molecule has 3 fully saturated rings. The van der Waals surface area contributed by atoms with Gasteiger partial charge in [-0.15, -0.1) is 0 Å². The first-order valence-electron chi connectivity index (χ1n) is 13.6. The van der Waals surface area contributed by atoms with Crippen LogP contribution in [0.5, 0.6) is 0 Å². The highest BCUT2D eigenvalue weighted by Gasteiger charge is 2.59. The topological polar surface area (TPSA) is 117 Å². The van der Waals surface area contributed by atoms with Crippen LogP contribution in [0.15, 0.2) is 52.6 Å². The Morgan fingerprint density at radius 1 is 1.08 bits per heavy atom. The minimum absolute atomic E-state index is 0.0401. The summed E-state index contributed by atoms with van der Waals surface area (Å²) in [6.07, 6.45) is 10.6. The van der Waals surface area contributed by atoms with Gasteiger partial charge >= 0.3 is 5.97 Å². The van der Waals surface area contributed by atoms with Gasteiger partial charge in [-0.1, -0.05) is 49.8 Å². The highest BCUT2D eigenvalue weighted by molar-refractivity contribution is 5.98. The molecule has 1 aromatic rings. The molecule has 0 aliphatic heterocycles. The van der Waals surface area contributed by atoms with Gasteiger partial charge in [-0.3, -0.25) is 9.59 Å². The number of hydrogen-bond acceptors (Lipinski definition) is 5. The van der Waals surface area contributed by atoms with E-state index < -0.39 is 5.91 Å². The number of nitrogens with zero attached hydrogens (tertiary/aromatic N) is 2. The Hall–Kier alpha value is -3.64. The molecule has 6 atom stereocenters. The SMILES string of the molecule is CC(=O)O[C@H]1CC[C@@]2(C)C(=CC[C@@H]3[C@@H]2CC[C@]2(C)C(=C(/C#N)C(N)=O)/C(=C/c4ccccc4C#N)C[C@@H]32)C1. The number of nitrogens with two attached hydrogens (primary N) is 1. The van der Waals surface area contributed by atoms with Crippen LogP contribution in [0.1, 0.15) is 76.8 Å². The first-order chi connectivity index (χ1) is 18.1. The largest absolute Gasteiger partial charge is 0.462 e. The van der Waals surface area contributed by atoms with Crippen molar-refractivity contribution in [2.24, 2.45) is 34.3 Å². The second-order valence-electron chi connectivity index (χ2n) is 12.0. The van der Waals surface area contributed by atoms with E-state index in [0.717, 1.165) is 61.7 Å². The number of esters is 1. The molecule has 1 aromatic carbocycles. The minimum Gasteiger partial charge on any atom is -0.462 e. The van der Waals surface area contributed by atoms with Crippen molar-refractivity contribution in [1.82, 2.24) is 0 Å². The first-order valence-corrected chi connectivity index (χ1v) is 13.6. The maximum Gasteiger partial charge on any atom is 0.302 e. The molecule has 0 heterocycles. The number of allylic oxidation sites excluding steroid dienone is 3. The zero-order chi connectivity index (χ0) is 27.2. The monoisotopic (exact) mass is 509 g/mol. The lowest BCUT2D eigenvalue weighted by molar-refractivity contribution is -0.148. The number of carbonyl (C=O) groups excluding carboxylic acids is 2. The zero-order valence-corrected chi connectivity index (χ0v) is 22.4. The molecule has 0 aromatic heterocycles. The van der Waals surface area contributed by atoms with E-state index in [9.17, 15) is 20.1 Å². The predicted octanol–water partition coefficient (Wildman–Crippen LogP) is 5.75. The van der Waals surface area contributed by atoms with Gasteiger partial charge in [0.2, 0.25) is 0 Å². The van der Waals surface area contributed by atoms with Crippen molar-refractivity contribution in [3.8, 4) is 12.1 Å². The second-order valence-corrected chi connectivity index (χ2v) is 12.0. The van der Waals surface area contributed by atoms with Gasteiger partial charge in [-0.05, 0) is 89.9 Å². The fourth-order valence-corrected chi connectivity index (χ4v) is 8.40. The normalized spacial score (nSPS) is 36.0. The molecule has 4 aliphatic rings. The van der Waals surface area contributed by atoms with Crippen molar-refractivity contribution >= 4 is 18.0 Å². The Bertz CT molecular complexity index is 1370. The number of nitriles is 2. The summed E-state index contributed by atoms with van der Waals surface area (Å²) in [5.74, 6) is 0.261.